The highest BCUT2D eigenvalue weighted by Crippen LogP contribution is 2.39. The van der Waals surface area contributed by atoms with Crippen LogP contribution in [0.25, 0.3) is 112 Å². The lowest BCUT2D eigenvalue weighted by Crippen LogP contribution is -2.01. The first-order valence-electron chi connectivity index (χ1n) is 20.4. The summed E-state index contributed by atoms with van der Waals surface area (Å²) in [6.07, 6.45) is 0. The summed E-state index contributed by atoms with van der Waals surface area (Å²) < 4.78 is 6.54. The van der Waals surface area contributed by atoms with Crippen LogP contribution < -0.4 is 0 Å². The van der Waals surface area contributed by atoms with E-state index in [1.54, 1.807) is 0 Å². The van der Waals surface area contributed by atoms with Gasteiger partial charge < -0.3 is 4.42 Å². The van der Waals surface area contributed by atoms with Gasteiger partial charge in [0.15, 0.2) is 23.1 Å². The van der Waals surface area contributed by atoms with E-state index in [-0.39, 0.29) is 0 Å². The molecule has 5 heteroatoms. The Labute approximate surface area is 353 Å². The highest BCUT2D eigenvalue weighted by atomic mass is 16.3. The summed E-state index contributed by atoms with van der Waals surface area (Å²) in [7, 11) is 0. The maximum Gasteiger partial charge on any atom is 0.227 e. The predicted molar refractivity (Wildman–Crippen MR) is 248 cm³/mol. The van der Waals surface area contributed by atoms with Crippen molar-refractivity contribution in [2.75, 3.05) is 0 Å². The van der Waals surface area contributed by atoms with Crippen molar-refractivity contribution in [3.05, 3.63) is 218 Å². The number of hydrogen-bond donors (Lipinski definition) is 0. The molecule has 286 valence electrons. The summed E-state index contributed by atoms with van der Waals surface area (Å²) in [4.78, 5) is 20.5. The summed E-state index contributed by atoms with van der Waals surface area (Å²) in [6, 6.07) is 75.3. The summed E-state index contributed by atoms with van der Waals surface area (Å²) >= 11 is 0. The summed E-state index contributed by atoms with van der Waals surface area (Å²) in [5, 5.41) is 2.08. The Balaban J connectivity index is 1.05. The molecule has 0 fully saturated rings. The third-order valence-corrected chi connectivity index (χ3v) is 11.2. The smallest absolute Gasteiger partial charge is 0.227 e. The number of fused-ring (bicyclic) bond motifs is 3. The van der Waals surface area contributed by atoms with Crippen molar-refractivity contribution >= 4 is 21.9 Å². The van der Waals surface area contributed by atoms with E-state index in [1.165, 1.54) is 16.7 Å². The van der Waals surface area contributed by atoms with Crippen molar-refractivity contribution in [1.82, 2.24) is 19.9 Å². The highest BCUT2D eigenvalue weighted by Gasteiger charge is 2.19. The predicted octanol–water partition coefficient (Wildman–Crippen LogP) is 14.5. The normalized spacial score (nSPS) is 11.3. The van der Waals surface area contributed by atoms with E-state index in [9.17, 15) is 0 Å². The fourth-order valence-corrected chi connectivity index (χ4v) is 8.23. The van der Waals surface area contributed by atoms with Gasteiger partial charge in [0.05, 0.1) is 0 Å². The Hall–Kier alpha value is -8.28. The Bertz CT molecular complexity index is 3340. The molecule has 0 amide bonds. The second-order valence-electron chi connectivity index (χ2n) is 15.0. The third-order valence-electron chi connectivity index (χ3n) is 11.2. The molecule has 0 N–H and O–H groups in total. The van der Waals surface area contributed by atoms with Gasteiger partial charge in [-0.05, 0) is 74.2 Å². The van der Waals surface area contributed by atoms with Crippen LogP contribution >= 0.6 is 0 Å². The zero-order valence-corrected chi connectivity index (χ0v) is 33.0. The van der Waals surface area contributed by atoms with Gasteiger partial charge in [0.1, 0.15) is 5.52 Å². The van der Waals surface area contributed by atoms with Gasteiger partial charge >= 0.3 is 0 Å². The van der Waals surface area contributed by atoms with Gasteiger partial charge in [-0.1, -0.05) is 194 Å². The molecule has 0 aliphatic carbocycles. The summed E-state index contributed by atoms with van der Waals surface area (Å²) in [5.74, 6) is 2.38. The van der Waals surface area contributed by atoms with Crippen molar-refractivity contribution in [2.24, 2.45) is 0 Å². The van der Waals surface area contributed by atoms with Crippen LogP contribution in [-0.4, -0.2) is 19.9 Å². The van der Waals surface area contributed by atoms with Crippen LogP contribution in [0.3, 0.4) is 0 Å². The largest absolute Gasteiger partial charge is 0.435 e. The number of rotatable bonds is 8. The van der Waals surface area contributed by atoms with Crippen molar-refractivity contribution in [1.29, 1.82) is 0 Å². The third kappa shape index (κ3) is 6.84. The number of hydrogen-bond acceptors (Lipinski definition) is 5. The van der Waals surface area contributed by atoms with Crippen LogP contribution in [-0.2, 0) is 0 Å². The van der Waals surface area contributed by atoms with E-state index in [0.29, 0.717) is 23.4 Å². The minimum Gasteiger partial charge on any atom is -0.435 e. The van der Waals surface area contributed by atoms with Gasteiger partial charge in [-0.15, -0.1) is 0 Å². The molecule has 11 aromatic rings. The van der Waals surface area contributed by atoms with Gasteiger partial charge in [0.2, 0.25) is 5.89 Å². The Morgan fingerprint density at radius 2 is 0.738 bits per heavy atom. The molecule has 0 saturated heterocycles. The average molecular weight is 781 g/mol. The van der Waals surface area contributed by atoms with Gasteiger partial charge in [-0.25, -0.2) is 19.9 Å². The molecule has 2 heterocycles. The summed E-state index contributed by atoms with van der Waals surface area (Å²) in [6.45, 7) is 0. The Morgan fingerprint density at radius 1 is 0.279 bits per heavy atom. The standard InChI is InChI=1S/C56H36N4O/c1-4-16-37(17-5-1)45-25-10-11-26-46(45)39-30-32-41(33-31-39)53-58-54(60-55(59-53)49-28-13-12-27-47(49)38-18-6-2-7-19-38)44-24-14-23-43(36-44)48-29-15-22-40-34-35-50-52(51(40)48)61-56(57-50)42-20-8-3-9-21-42/h1-36H. The first-order chi connectivity index (χ1) is 30.2. The van der Waals surface area contributed by atoms with Crippen LogP contribution in [0.15, 0.2) is 223 Å². The number of benzene rings is 9. The monoisotopic (exact) mass is 780 g/mol. The van der Waals surface area contributed by atoms with E-state index < -0.39 is 0 Å². The Morgan fingerprint density at radius 3 is 1.39 bits per heavy atom. The lowest BCUT2D eigenvalue weighted by Gasteiger charge is -2.13. The molecule has 61 heavy (non-hydrogen) atoms. The van der Waals surface area contributed by atoms with Gasteiger partial charge in [-0.2, -0.15) is 0 Å². The second kappa shape index (κ2) is 15.5. The lowest BCUT2D eigenvalue weighted by atomic mass is 9.94. The SMILES string of the molecule is c1ccc(-c2nc3ccc4cccc(-c5cccc(-c6nc(-c7ccc(-c8ccccc8-c8ccccc8)cc7)nc(-c7ccccc7-c7ccccc7)n6)c5)c4c3o2)cc1. The van der Waals surface area contributed by atoms with Crippen molar-refractivity contribution in [2.45, 2.75) is 0 Å². The first kappa shape index (κ1) is 35.8. The molecule has 9 aromatic carbocycles. The van der Waals surface area contributed by atoms with Gasteiger partial charge in [0.25, 0.3) is 0 Å². The van der Waals surface area contributed by atoms with E-state index >= 15 is 0 Å². The molecular weight excluding hydrogens is 745 g/mol. The van der Waals surface area contributed by atoms with Crippen LogP contribution in [0.5, 0.6) is 0 Å². The molecule has 0 saturated carbocycles. The number of aromatic nitrogens is 4. The molecule has 5 nitrogen and oxygen atoms in total. The highest BCUT2D eigenvalue weighted by molar-refractivity contribution is 6.11. The zero-order valence-electron chi connectivity index (χ0n) is 33.0. The van der Waals surface area contributed by atoms with E-state index in [0.717, 1.165) is 71.9 Å². The minimum atomic E-state index is 0.583. The Kier molecular flexibility index (Phi) is 9.10. The molecule has 0 unspecified atom stereocenters. The number of oxazole rings is 1. The van der Waals surface area contributed by atoms with E-state index in [4.69, 9.17) is 24.4 Å². The molecule has 11 rings (SSSR count). The first-order valence-corrected chi connectivity index (χ1v) is 20.4. The van der Waals surface area contributed by atoms with Crippen LogP contribution in [0.2, 0.25) is 0 Å². The van der Waals surface area contributed by atoms with Crippen LogP contribution in [0, 0.1) is 0 Å². The lowest BCUT2D eigenvalue weighted by molar-refractivity contribution is 0.623. The van der Waals surface area contributed by atoms with Crippen LogP contribution in [0.4, 0.5) is 0 Å². The average Bonchev–Trinajstić information content (AvgIpc) is 3.80. The molecule has 2 aromatic heterocycles. The quantitative estimate of drug-likeness (QED) is 0.154. The van der Waals surface area contributed by atoms with Crippen LogP contribution in [0.1, 0.15) is 0 Å². The maximum absolute atomic E-state index is 6.54. The molecule has 0 spiro atoms. The van der Waals surface area contributed by atoms with Crippen molar-refractivity contribution < 1.29 is 4.42 Å². The van der Waals surface area contributed by atoms with E-state index in [2.05, 4.69) is 164 Å². The minimum absolute atomic E-state index is 0.583. The molecule has 0 aliphatic rings. The van der Waals surface area contributed by atoms with Crippen molar-refractivity contribution in [3.8, 4) is 90.1 Å². The summed E-state index contributed by atoms with van der Waals surface area (Å²) in [5.41, 5.74) is 14.1. The topological polar surface area (TPSA) is 64.7 Å². The van der Waals surface area contributed by atoms with Crippen molar-refractivity contribution in [3.63, 3.8) is 0 Å². The fraction of sp³-hybridized carbons (Fsp3) is 0. The molecule has 0 radical (unpaired) electrons. The molecule has 0 atom stereocenters. The molecule has 0 bridgehead atoms. The molecule has 0 aliphatic heterocycles. The van der Waals surface area contributed by atoms with Gasteiger partial charge in [0, 0.05) is 27.6 Å². The van der Waals surface area contributed by atoms with Gasteiger partial charge in [-0.3, -0.25) is 0 Å². The maximum atomic E-state index is 6.54. The zero-order chi connectivity index (χ0) is 40.5. The second-order valence-corrected chi connectivity index (χ2v) is 15.0. The number of nitrogens with zero attached hydrogens (tertiary/aromatic N) is 4. The van der Waals surface area contributed by atoms with E-state index in [1.807, 2.05) is 54.6 Å². The fourth-order valence-electron chi connectivity index (χ4n) is 8.23. The molecular formula is C56H36N4O.